The molecule has 0 saturated carbocycles. The van der Waals surface area contributed by atoms with E-state index in [9.17, 15) is 13.2 Å². The van der Waals surface area contributed by atoms with E-state index in [0.717, 1.165) is 5.56 Å². The maximum Gasteiger partial charge on any atom is 0.240 e. The molecule has 29 heavy (non-hydrogen) atoms. The monoisotopic (exact) mass is 414 g/mol. The van der Waals surface area contributed by atoms with Crippen molar-refractivity contribution in [2.75, 3.05) is 11.9 Å². The summed E-state index contributed by atoms with van der Waals surface area (Å²) in [5.74, 6) is 1.01. The van der Waals surface area contributed by atoms with Gasteiger partial charge in [0.05, 0.1) is 30.7 Å². The van der Waals surface area contributed by atoms with Crippen molar-refractivity contribution in [1.29, 1.82) is 0 Å². The molecule has 0 saturated heterocycles. The third kappa shape index (κ3) is 6.20. The molecule has 0 atom stereocenters. The Bertz CT molecular complexity index is 1030. The highest BCUT2D eigenvalue weighted by Crippen LogP contribution is 2.15. The van der Waals surface area contributed by atoms with Gasteiger partial charge in [-0.05, 0) is 55.5 Å². The summed E-state index contributed by atoms with van der Waals surface area (Å²) in [5, 5.41) is 2.72. The van der Waals surface area contributed by atoms with Crippen LogP contribution in [0.2, 0.25) is 0 Å². The highest BCUT2D eigenvalue weighted by Gasteiger charge is 2.14. The van der Waals surface area contributed by atoms with Crippen LogP contribution in [0.5, 0.6) is 5.75 Å². The molecule has 1 aromatic heterocycles. The zero-order valence-electron chi connectivity index (χ0n) is 15.9. The molecule has 0 unspecified atom stereocenters. The van der Waals surface area contributed by atoms with Gasteiger partial charge in [0.25, 0.3) is 0 Å². The van der Waals surface area contributed by atoms with Crippen LogP contribution in [0.4, 0.5) is 5.69 Å². The van der Waals surface area contributed by atoms with Crippen LogP contribution < -0.4 is 14.8 Å². The Labute approximate surface area is 169 Å². The number of sulfonamides is 1. The van der Waals surface area contributed by atoms with Crippen molar-refractivity contribution in [3.63, 3.8) is 0 Å². The molecule has 0 radical (unpaired) electrons. The number of amides is 1. The predicted octanol–water partition coefficient (Wildman–Crippen LogP) is 3.47. The van der Waals surface area contributed by atoms with E-state index in [1.165, 1.54) is 18.4 Å². The molecule has 7 nitrogen and oxygen atoms in total. The molecule has 0 fully saturated rings. The van der Waals surface area contributed by atoms with Crippen molar-refractivity contribution in [3.05, 3.63) is 78.3 Å². The Balaban J connectivity index is 1.47. The Morgan fingerprint density at radius 1 is 1.03 bits per heavy atom. The average Bonchev–Trinajstić information content (AvgIpc) is 3.22. The van der Waals surface area contributed by atoms with Gasteiger partial charge < -0.3 is 14.5 Å². The Morgan fingerprint density at radius 3 is 2.41 bits per heavy atom. The number of benzene rings is 2. The molecular formula is C21H22N2O5S. The summed E-state index contributed by atoms with van der Waals surface area (Å²) in [6, 6.07) is 16.9. The highest BCUT2D eigenvalue weighted by molar-refractivity contribution is 7.89. The number of carbonyl (C=O) groups excluding carboxylic acids is 1. The Kier molecular flexibility index (Phi) is 6.69. The summed E-state index contributed by atoms with van der Waals surface area (Å²) >= 11 is 0. The molecule has 1 amide bonds. The molecule has 2 aromatic carbocycles. The lowest BCUT2D eigenvalue weighted by Crippen LogP contribution is -2.23. The van der Waals surface area contributed by atoms with Gasteiger partial charge in [0.2, 0.25) is 15.9 Å². The van der Waals surface area contributed by atoms with Crippen LogP contribution in [0.3, 0.4) is 0 Å². The molecule has 3 rings (SSSR count). The number of hydrogen-bond acceptors (Lipinski definition) is 5. The Morgan fingerprint density at radius 2 is 1.76 bits per heavy atom. The highest BCUT2D eigenvalue weighted by atomic mass is 32.2. The van der Waals surface area contributed by atoms with Crippen LogP contribution in [-0.4, -0.2) is 20.9 Å². The Hall–Kier alpha value is -3.10. The van der Waals surface area contributed by atoms with E-state index in [1.54, 1.807) is 24.3 Å². The minimum atomic E-state index is -3.67. The predicted molar refractivity (Wildman–Crippen MR) is 109 cm³/mol. The number of carbonyl (C=O) groups is 1. The van der Waals surface area contributed by atoms with Gasteiger partial charge in [-0.25, -0.2) is 13.1 Å². The van der Waals surface area contributed by atoms with Crippen LogP contribution >= 0.6 is 0 Å². The summed E-state index contributed by atoms with van der Waals surface area (Å²) in [6.45, 7) is 2.30. The third-order valence-corrected chi connectivity index (χ3v) is 5.50. The maximum atomic E-state index is 12.3. The lowest BCUT2D eigenvalue weighted by molar-refractivity contribution is -0.116. The summed E-state index contributed by atoms with van der Waals surface area (Å²) in [6.07, 6.45) is 1.66. The van der Waals surface area contributed by atoms with Crippen molar-refractivity contribution >= 4 is 21.6 Å². The number of aryl methyl sites for hydroxylation is 1. The quantitative estimate of drug-likeness (QED) is 0.559. The van der Waals surface area contributed by atoms with Gasteiger partial charge in [-0.1, -0.05) is 17.7 Å². The van der Waals surface area contributed by atoms with Gasteiger partial charge in [-0.15, -0.1) is 0 Å². The molecule has 0 bridgehead atoms. The van der Waals surface area contributed by atoms with Crippen molar-refractivity contribution in [1.82, 2.24) is 4.72 Å². The van der Waals surface area contributed by atoms with Crippen LogP contribution in [0.15, 0.2) is 76.2 Å². The van der Waals surface area contributed by atoms with E-state index < -0.39 is 10.0 Å². The van der Waals surface area contributed by atoms with Crippen molar-refractivity contribution < 1.29 is 22.4 Å². The van der Waals surface area contributed by atoms with E-state index in [2.05, 4.69) is 10.0 Å². The molecule has 152 valence electrons. The smallest absolute Gasteiger partial charge is 0.240 e. The van der Waals surface area contributed by atoms with Gasteiger partial charge >= 0.3 is 0 Å². The first-order chi connectivity index (χ1) is 13.9. The van der Waals surface area contributed by atoms with Crippen LogP contribution in [0.1, 0.15) is 17.7 Å². The number of hydrogen-bond donors (Lipinski definition) is 2. The van der Waals surface area contributed by atoms with Gasteiger partial charge in [-0.3, -0.25) is 4.79 Å². The second-order valence-electron chi connectivity index (χ2n) is 6.39. The SMILES string of the molecule is Cc1ccc(OCCC(=O)Nc2ccc(S(=O)(=O)NCc3ccco3)cc2)cc1. The molecule has 8 heteroatoms. The lowest BCUT2D eigenvalue weighted by atomic mass is 10.2. The molecule has 0 aliphatic heterocycles. The molecule has 0 spiro atoms. The van der Waals surface area contributed by atoms with E-state index in [4.69, 9.17) is 9.15 Å². The number of furan rings is 1. The number of anilines is 1. The zero-order valence-corrected chi connectivity index (χ0v) is 16.7. The summed E-state index contributed by atoms with van der Waals surface area (Å²) < 4.78 is 37.7. The lowest BCUT2D eigenvalue weighted by Gasteiger charge is -2.09. The first-order valence-corrected chi connectivity index (χ1v) is 10.5. The fourth-order valence-corrected chi connectivity index (χ4v) is 3.49. The number of ether oxygens (including phenoxy) is 1. The fourth-order valence-electron chi connectivity index (χ4n) is 2.50. The first-order valence-electron chi connectivity index (χ1n) is 9.04. The minimum absolute atomic E-state index is 0.0643. The van der Waals surface area contributed by atoms with Crippen LogP contribution in [0, 0.1) is 6.92 Å². The molecule has 0 aliphatic rings. The molecule has 3 aromatic rings. The van der Waals surface area contributed by atoms with Gasteiger partial charge in [-0.2, -0.15) is 0 Å². The standard InChI is InChI=1S/C21H22N2O5S/c1-16-4-8-18(9-5-16)28-14-12-21(24)23-17-6-10-20(11-7-17)29(25,26)22-15-19-3-2-13-27-19/h2-11,13,22H,12,14-15H2,1H3,(H,23,24). The molecular weight excluding hydrogens is 392 g/mol. The minimum Gasteiger partial charge on any atom is -0.493 e. The maximum absolute atomic E-state index is 12.3. The molecule has 1 heterocycles. The summed E-state index contributed by atoms with van der Waals surface area (Å²) in [5.41, 5.74) is 1.65. The average molecular weight is 414 g/mol. The normalized spacial score (nSPS) is 11.2. The second-order valence-corrected chi connectivity index (χ2v) is 8.15. The van der Waals surface area contributed by atoms with Gasteiger partial charge in [0.15, 0.2) is 0 Å². The van der Waals surface area contributed by atoms with Crippen molar-refractivity contribution in [3.8, 4) is 5.75 Å². The fraction of sp³-hybridized carbons (Fsp3) is 0.190. The molecule has 0 aliphatic carbocycles. The second kappa shape index (κ2) is 9.40. The van der Waals surface area contributed by atoms with Crippen LogP contribution in [-0.2, 0) is 21.4 Å². The van der Waals surface area contributed by atoms with Crippen LogP contribution in [0.25, 0.3) is 0 Å². The van der Waals surface area contributed by atoms with Gasteiger partial charge in [0.1, 0.15) is 11.5 Å². The number of nitrogens with one attached hydrogen (secondary N) is 2. The topological polar surface area (TPSA) is 97.6 Å². The van der Waals surface area contributed by atoms with Crippen molar-refractivity contribution in [2.24, 2.45) is 0 Å². The first kappa shape index (κ1) is 20.6. The number of rotatable bonds is 9. The zero-order chi connectivity index (χ0) is 20.7. The summed E-state index contributed by atoms with van der Waals surface area (Å²) in [7, 11) is -3.67. The van der Waals surface area contributed by atoms with E-state index in [0.29, 0.717) is 17.2 Å². The third-order valence-electron chi connectivity index (χ3n) is 4.08. The summed E-state index contributed by atoms with van der Waals surface area (Å²) in [4.78, 5) is 12.1. The largest absolute Gasteiger partial charge is 0.493 e. The molecule has 2 N–H and O–H groups in total. The van der Waals surface area contributed by atoms with E-state index in [1.807, 2.05) is 31.2 Å². The van der Waals surface area contributed by atoms with Gasteiger partial charge in [0, 0.05) is 5.69 Å². The van der Waals surface area contributed by atoms with Crippen molar-refractivity contribution in [2.45, 2.75) is 24.8 Å². The van der Waals surface area contributed by atoms with E-state index >= 15 is 0 Å². The van der Waals surface area contributed by atoms with E-state index in [-0.39, 0.29) is 30.4 Å².